The van der Waals surface area contributed by atoms with E-state index in [0.717, 1.165) is 19.3 Å². The quantitative estimate of drug-likeness (QED) is 0.800. The smallest absolute Gasteiger partial charge is 0.223 e. The molecule has 2 aliphatic rings. The number of rotatable bonds is 4. The Morgan fingerprint density at radius 3 is 2.74 bits per heavy atom. The number of hydrogen-bond acceptors (Lipinski definition) is 4. The molecule has 0 aromatic rings. The third-order valence-corrected chi connectivity index (χ3v) is 4.12. The minimum Gasteiger partial charge on any atom is -0.353 e. The van der Waals surface area contributed by atoms with E-state index in [1.807, 2.05) is 13.8 Å². The molecular formula is C14H26N2O3. The molecule has 1 heterocycles. The minimum absolute atomic E-state index is 0.0427. The largest absolute Gasteiger partial charge is 0.353 e. The molecule has 1 aliphatic carbocycles. The number of carbonyl (C=O) groups excluding carboxylic acids is 1. The molecule has 110 valence electrons. The molecule has 3 unspecified atom stereocenters. The van der Waals surface area contributed by atoms with Gasteiger partial charge in [-0.1, -0.05) is 12.8 Å². The van der Waals surface area contributed by atoms with Crippen molar-refractivity contribution in [3.63, 3.8) is 0 Å². The summed E-state index contributed by atoms with van der Waals surface area (Å²) in [6.07, 6.45) is 4.31. The predicted molar refractivity (Wildman–Crippen MR) is 72.4 cm³/mol. The van der Waals surface area contributed by atoms with E-state index in [9.17, 15) is 4.79 Å². The molecule has 1 aliphatic heterocycles. The molecule has 1 amide bonds. The first-order valence-corrected chi connectivity index (χ1v) is 7.31. The summed E-state index contributed by atoms with van der Waals surface area (Å²) in [5, 5.41) is 3.00. The van der Waals surface area contributed by atoms with Crippen molar-refractivity contribution in [1.29, 1.82) is 0 Å². The number of nitrogens with one attached hydrogen (secondary N) is 1. The van der Waals surface area contributed by atoms with E-state index in [0.29, 0.717) is 25.6 Å². The summed E-state index contributed by atoms with van der Waals surface area (Å²) in [5.74, 6) is 0.0171. The van der Waals surface area contributed by atoms with Gasteiger partial charge in [-0.05, 0) is 39.2 Å². The van der Waals surface area contributed by atoms with Crippen LogP contribution >= 0.6 is 0 Å². The summed E-state index contributed by atoms with van der Waals surface area (Å²) >= 11 is 0. The van der Waals surface area contributed by atoms with Gasteiger partial charge in [-0.2, -0.15) is 0 Å². The van der Waals surface area contributed by atoms with Gasteiger partial charge in [0.1, 0.15) is 6.10 Å². The molecule has 19 heavy (non-hydrogen) atoms. The van der Waals surface area contributed by atoms with Crippen molar-refractivity contribution in [2.24, 2.45) is 17.6 Å². The Hall–Kier alpha value is -0.650. The Balaban J connectivity index is 1.77. The van der Waals surface area contributed by atoms with E-state index in [2.05, 4.69) is 5.32 Å². The van der Waals surface area contributed by atoms with E-state index in [1.54, 1.807) is 0 Å². The van der Waals surface area contributed by atoms with Crippen LogP contribution in [-0.2, 0) is 14.3 Å². The first kappa shape index (κ1) is 14.8. The van der Waals surface area contributed by atoms with E-state index < -0.39 is 5.79 Å². The Bertz CT molecular complexity index is 320. The molecule has 1 saturated carbocycles. The summed E-state index contributed by atoms with van der Waals surface area (Å²) in [6.45, 7) is 5.45. The zero-order chi connectivity index (χ0) is 13.9. The lowest BCUT2D eigenvalue weighted by Gasteiger charge is -2.29. The summed E-state index contributed by atoms with van der Waals surface area (Å²) in [4.78, 5) is 12.2. The number of hydrogen-bond donors (Lipinski definition) is 2. The van der Waals surface area contributed by atoms with Gasteiger partial charge in [0.15, 0.2) is 5.79 Å². The van der Waals surface area contributed by atoms with Gasteiger partial charge in [0.2, 0.25) is 5.91 Å². The topological polar surface area (TPSA) is 73.6 Å². The summed E-state index contributed by atoms with van der Waals surface area (Å²) in [5.41, 5.74) is 5.76. The summed E-state index contributed by atoms with van der Waals surface area (Å²) in [7, 11) is 0. The monoisotopic (exact) mass is 270 g/mol. The Morgan fingerprint density at radius 1 is 1.37 bits per heavy atom. The second-order valence-corrected chi connectivity index (χ2v) is 6.08. The molecular weight excluding hydrogens is 244 g/mol. The SMILES string of the molecule is CC1(C)OCC(CNC(=O)C2CCCCC2CN)O1. The maximum Gasteiger partial charge on any atom is 0.223 e. The van der Waals surface area contributed by atoms with Crippen LogP contribution in [0.1, 0.15) is 39.5 Å². The standard InChI is InChI=1S/C14H26N2O3/c1-14(2)18-9-11(19-14)8-16-13(17)12-6-4-3-5-10(12)7-15/h10-12H,3-9,15H2,1-2H3,(H,16,17). The van der Waals surface area contributed by atoms with Gasteiger partial charge in [-0.25, -0.2) is 0 Å². The lowest BCUT2D eigenvalue weighted by atomic mass is 9.79. The molecule has 5 heteroatoms. The molecule has 0 aromatic carbocycles. The normalized spacial score (nSPS) is 34.2. The van der Waals surface area contributed by atoms with Gasteiger partial charge in [-0.3, -0.25) is 4.79 Å². The van der Waals surface area contributed by atoms with Crippen molar-refractivity contribution in [2.45, 2.75) is 51.4 Å². The molecule has 0 spiro atoms. The van der Waals surface area contributed by atoms with Gasteiger partial charge in [0.05, 0.1) is 6.61 Å². The fraction of sp³-hybridized carbons (Fsp3) is 0.929. The number of amides is 1. The molecule has 1 saturated heterocycles. The highest BCUT2D eigenvalue weighted by molar-refractivity contribution is 5.79. The van der Waals surface area contributed by atoms with Crippen LogP contribution in [0.3, 0.4) is 0 Å². The van der Waals surface area contributed by atoms with Crippen LogP contribution < -0.4 is 11.1 Å². The van der Waals surface area contributed by atoms with Crippen LogP contribution in [0, 0.1) is 11.8 Å². The van der Waals surface area contributed by atoms with Crippen molar-refractivity contribution in [1.82, 2.24) is 5.32 Å². The van der Waals surface area contributed by atoms with E-state index in [1.165, 1.54) is 6.42 Å². The zero-order valence-corrected chi connectivity index (χ0v) is 12.0. The maximum absolute atomic E-state index is 12.2. The number of nitrogens with two attached hydrogens (primary N) is 1. The molecule has 0 aromatic heterocycles. The molecule has 3 atom stereocenters. The maximum atomic E-state index is 12.2. The molecule has 2 rings (SSSR count). The average Bonchev–Trinajstić information content (AvgIpc) is 2.75. The molecule has 5 nitrogen and oxygen atoms in total. The molecule has 0 radical (unpaired) electrons. The average molecular weight is 270 g/mol. The fourth-order valence-electron chi connectivity index (χ4n) is 3.04. The van der Waals surface area contributed by atoms with Gasteiger partial charge >= 0.3 is 0 Å². The highest BCUT2D eigenvalue weighted by atomic mass is 16.7. The van der Waals surface area contributed by atoms with Gasteiger partial charge in [0.25, 0.3) is 0 Å². The molecule has 0 bridgehead atoms. The van der Waals surface area contributed by atoms with Crippen LogP contribution in [0.5, 0.6) is 0 Å². The van der Waals surface area contributed by atoms with Gasteiger partial charge in [0, 0.05) is 12.5 Å². The minimum atomic E-state index is -0.528. The fourth-order valence-corrected chi connectivity index (χ4v) is 3.04. The lowest BCUT2D eigenvalue weighted by molar-refractivity contribution is -0.140. The Kier molecular flexibility index (Phi) is 4.81. The van der Waals surface area contributed by atoms with Gasteiger partial charge < -0.3 is 20.5 Å². The first-order valence-electron chi connectivity index (χ1n) is 7.31. The van der Waals surface area contributed by atoms with E-state index in [-0.39, 0.29) is 17.9 Å². The Labute approximate surface area is 115 Å². The van der Waals surface area contributed by atoms with Crippen LogP contribution in [0.25, 0.3) is 0 Å². The summed E-state index contributed by atoms with van der Waals surface area (Å²) in [6, 6.07) is 0. The van der Waals surface area contributed by atoms with Gasteiger partial charge in [-0.15, -0.1) is 0 Å². The third-order valence-electron chi connectivity index (χ3n) is 4.12. The van der Waals surface area contributed by atoms with E-state index >= 15 is 0 Å². The number of carbonyl (C=O) groups is 1. The van der Waals surface area contributed by atoms with Crippen molar-refractivity contribution >= 4 is 5.91 Å². The lowest BCUT2D eigenvalue weighted by Crippen LogP contribution is -2.42. The summed E-state index contributed by atoms with van der Waals surface area (Å²) < 4.78 is 11.2. The van der Waals surface area contributed by atoms with Crippen LogP contribution in [0.15, 0.2) is 0 Å². The predicted octanol–water partition coefficient (Wildman–Crippen LogP) is 1.02. The van der Waals surface area contributed by atoms with Crippen LogP contribution in [0.4, 0.5) is 0 Å². The zero-order valence-electron chi connectivity index (χ0n) is 12.0. The van der Waals surface area contributed by atoms with Crippen LogP contribution in [-0.4, -0.2) is 37.5 Å². The first-order chi connectivity index (χ1) is 9.02. The molecule has 2 fully saturated rings. The second-order valence-electron chi connectivity index (χ2n) is 6.08. The molecule has 3 N–H and O–H groups in total. The van der Waals surface area contributed by atoms with Crippen molar-refractivity contribution < 1.29 is 14.3 Å². The van der Waals surface area contributed by atoms with E-state index in [4.69, 9.17) is 15.2 Å². The van der Waals surface area contributed by atoms with Crippen LogP contribution in [0.2, 0.25) is 0 Å². The van der Waals surface area contributed by atoms with Crippen molar-refractivity contribution in [2.75, 3.05) is 19.7 Å². The third kappa shape index (κ3) is 3.91. The number of ether oxygens (including phenoxy) is 2. The highest BCUT2D eigenvalue weighted by Crippen LogP contribution is 2.29. The highest BCUT2D eigenvalue weighted by Gasteiger charge is 2.34. The second kappa shape index (κ2) is 6.20. The van der Waals surface area contributed by atoms with Crippen molar-refractivity contribution in [3.8, 4) is 0 Å². The van der Waals surface area contributed by atoms with Crippen molar-refractivity contribution in [3.05, 3.63) is 0 Å². The Morgan fingerprint density at radius 2 is 2.11 bits per heavy atom.